The second-order valence-electron chi connectivity index (χ2n) is 5.84. The molecule has 1 amide bonds. The SMILES string of the molecule is COc1ccc(OC)c(S(=O)(=O)N(C)CC(=O)N/N=C/c2ccc(SC)cc2)c1. The number of methoxy groups -OCH3 is 2. The molecule has 0 saturated carbocycles. The normalized spacial score (nSPS) is 11.6. The lowest BCUT2D eigenvalue weighted by Crippen LogP contribution is -2.36. The van der Waals surface area contributed by atoms with Crippen molar-refractivity contribution in [3.8, 4) is 11.5 Å². The van der Waals surface area contributed by atoms with E-state index in [1.807, 2.05) is 30.5 Å². The molecule has 0 saturated heterocycles. The van der Waals surface area contributed by atoms with Crippen LogP contribution in [0, 0.1) is 0 Å². The van der Waals surface area contributed by atoms with Gasteiger partial charge in [0.2, 0.25) is 10.0 Å². The van der Waals surface area contributed by atoms with Crippen LogP contribution in [0.3, 0.4) is 0 Å². The molecule has 0 unspecified atom stereocenters. The van der Waals surface area contributed by atoms with Crippen molar-refractivity contribution in [2.75, 3.05) is 34.1 Å². The fourth-order valence-electron chi connectivity index (χ4n) is 2.34. The summed E-state index contributed by atoms with van der Waals surface area (Å²) in [5, 5.41) is 3.87. The molecule has 2 aromatic carbocycles. The Morgan fingerprint density at radius 1 is 1.17 bits per heavy atom. The maximum absolute atomic E-state index is 12.8. The molecule has 10 heteroatoms. The summed E-state index contributed by atoms with van der Waals surface area (Å²) < 4.78 is 36.8. The molecule has 29 heavy (non-hydrogen) atoms. The predicted molar refractivity (Wildman–Crippen MR) is 113 cm³/mol. The molecular formula is C19H23N3O5S2. The van der Waals surface area contributed by atoms with Crippen molar-refractivity contribution >= 4 is 33.9 Å². The lowest BCUT2D eigenvalue weighted by molar-refractivity contribution is -0.121. The van der Waals surface area contributed by atoms with E-state index >= 15 is 0 Å². The molecule has 0 radical (unpaired) electrons. The number of benzene rings is 2. The van der Waals surface area contributed by atoms with Crippen LogP contribution in [0.5, 0.6) is 11.5 Å². The van der Waals surface area contributed by atoms with E-state index in [1.165, 1.54) is 39.6 Å². The molecule has 0 aromatic heterocycles. The highest BCUT2D eigenvalue weighted by Gasteiger charge is 2.27. The average molecular weight is 438 g/mol. The van der Waals surface area contributed by atoms with Gasteiger partial charge in [-0.3, -0.25) is 4.79 Å². The first-order valence-corrected chi connectivity index (χ1v) is 11.1. The number of ether oxygens (including phenoxy) is 2. The number of sulfonamides is 1. The number of likely N-dealkylation sites (N-methyl/N-ethyl adjacent to an activating group) is 1. The third kappa shape index (κ3) is 5.96. The first-order chi connectivity index (χ1) is 13.8. The number of nitrogens with zero attached hydrogens (tertiary/aromatic N) is 2. The van der Waals surface area contributed by atoms with Gasteiger partial charge in [0.05, 0.1) is 27.0 Å². The summed E-state index contributed by atoms with van der Waals surface area (Å²) >= 11 is 1.62. The molecular weight excluding hydrogens is 414 g/mol. The predicted octanol–water partition coefficient (Wildman–Crippen LogP) is 2.20. The van der Waals surface area contributed by atoms with E-state index in [1.54, 1.807) is 17.8 Å². The Bertz CT molecular complexity index is 976. The van der Waals surface area contributed by atoms with Gasteiger partial charge in [-0.25, -0.2) is 13.8 Å². The van der Waals surface area contributed by atoms with Gasteiger partial charge >= 0.3 is 0 Å². The van der Waals surface area contributed by atoms with Gasteiger partial charge in [-0.15, -0.1) is 11.8 Å². The molecule has 1 N–H and O–H groups in total. The van der Waals surface area contributed by atoms with Gasteiger partial charge in [-0.1, -0.05) is 12.1 Å². The molecule has 0 bridgehead atoms. The Hall–Kier alpha value is -2.56. The Morgan fingerprint density at radius 2 is 1.86 bits per heavy atom. The van der Waals surface area contributed by atoms with E-state index < -0.39 is 22.5 Å². The number of rotatable bonds is 9. The van der Waals surface area contributed by atoms with E-state index in [0.717, 1.165) is 14.8 Å². The summed E-state index contributed by atoms with van der Waals surface area (Å²) in [5.74, 6) is -0.0565. The average Bonchev–Trinajstić information content (AvgIpc) is 2.73. The maximum atomic E-state index is 12.8. The van der Waals surface area contributed by atoms with Crippen molar-refractivity contribution in [1.29, 1.82) is 0 Å². The van der Waals surface area contributed by atoms with Crippen LogP contribution in [0.4, 0.5) is 0 Å². The molecule has 8 nitrogen and oxygen atoms in total. The van der Waals surface area contributed by atoms with Crippen LogP contribution in [0.1, 0.15) is 5.56 Å². The van der Waals surface area contributed by atoms with Crippen LogP contribution in [-0.2, 0) is 14.8 Å². The molecule has 0 heterocycles. The number of nitrogens with one attached hydrogen (secondary N) is 1. The van der Waals surface area contributed by atoms with Crippen LogP contribution in [0.15, 0.2) is 57.4 Å². The molecule has 0 aliphatic rings. The standard InChI is InChI=1S/C19H23N3O5S2/c1-22(29(24,25)18-11-15(26-2)7-10-17(18)27-3)13-19(23)21-20-12-14-5-8-16(28-4)9-6-14/h5-12H,13H2,1-4H3,(H,21,23)/b20-12+. The molecule has 0 aliphatic carbocycles. The number of amides is 1. The summed E-state index contributed by atoms with van der Waals surface area (Å²) in [6, 6.07) is 12.0. The molecule has 0 fully saturated rings. The van der Waals surface area contributed by atoms with Crippen molar-refractivity contribution in [1.82, 2.24) is 9.73 Å². The van der Waals surface area contributed by atoms with Crippen molar-refractivity contribution in [3.63, 3.8) is 0 Å². The third-order valence-electron chi connectivity index (χ3n) is 3.94. The summed E-state index contributed by atoms with van der Waals surface area (Å²) in [6.07, 6.45) is 3.47. The van der Waals surface area contributed by atoms with E-state index in [-0.39, 0.29) is 10.6 Å². The number of hydrazone groups is 1. The van der Waals surface area contributed by atoms with E-state index in [2.05, 4.69) is 10.5 Å². The Labute approximate surface area is 174 Å². The summed E-state index contributed by atoms with van der Waals surface area (Å²) in [4.78, 5) is 13.1. The van der Waals surface area contributed by atoms with Crippen molar-refractivity contribution < 1.29 is 22.7 Å². The second kappa shape index (κ2) is 10.3. The summed E-state index contributed by atoms with van der Waals surface area (Å²) in [6.45, 7) is -0.411. The van der Waals surface area contributed by atoms with E-state index in [4.69, 9.17) is 9.47 Å². The highest BCUT2D eigenvalue weighted by Crippen LogP contribution is 2.30. The fourth-order valence-corrected chi connectivity index (χ4v) is 4.05. The fraction of sp³-hybridized carbons (Fsp3) is 0.263. The highest BCUT2D eigenvalue weighted by molar-refractivity contribution is 7.98. The number of carbonyl (C=O) groups is 1. The van der Waals surface area contributed by atoms with Gasteiger partial charge in [0.1, 0.15) is 16.4 Å². The topological polar surface area (TPSA) is 97.3 Å². The molecule has 2 aromatic rings. The Balaban J connectivity index is 2.05. The highest BCUT2D eigenvalue weighted by atomic mass is 32.2. The Kier molecular flexibility index (Phi) is 8.06. The zero-order chi connectivity index (χ0) is 21.4. The van der Waals surface area contributed by atoms with Crippen LogP contribution < -0.4 is 14.9 Å². The van der Waals surface area contributed by atoms with E-state index in [9.17, 15) is 13.2 Å². The zero-order valence-electron chi connectivity index (χ0n) is 16.6. The number of hydrogen-bond acceptors (Lipinski definition) is 7. The van der Waals surface area contributed by atoms with Gasteiger partial charge < -0.3 is 9.47 Å². The smallest absolute Gasteiger partial charge is 0.255 e. The molecule has 0 spiro atoms. The van der Waals surface area contributed by atoms with Crippen molar-refractivity contribution in [2.45, 2.75) is 9.79 Å². The lowest BCUT2D eigenvalue weighted by Gasteiger charge is -2.18. The van der Waals surface area contributed by atoms with Crippen LogP contribution in [-0.4, -0.2) is 58.9 Å². The minimum atomic E-state index is -3.98. The first-order valence-electron chi connectivity index (χ1n) is 8.46. The van der Waals surface area contributed by atoms with E-state index in [0.29, 0.717) is 5.75 Å². The maximum Gasteiger partial charge on any atom is 0.255 e. The van der Waals surface area contributed by atoms with Gasteiger partial charge in [-0.05, 0) is 36.1 Å². The minimum absolute atomic E-state index is 0.0907. The van der Waals surface area contributed by atoms with Gasteiger partial charge in [-0.2, -0.15) is 9.41 Å². The first kappa shape index (κ1) is 22.7. The van der Waals surface area contributed by atoms with Crippen LogP contribution >= 0.6 is 11.8 Å². The van der Waals surface area contributed by atoms with Crippen LogP contribution in [0.2, 0.25) is 0 Å². The lowest BCUT2D eigenvalue weighted by atomic mass is 10.2. The van der Waals surface area contributed by atoms with Gasteiger partial charge in [0.25, 0.3) is 5.91 Å². The van der Waals surface area contributed by atoms with Crippen LogP contribution in [0.25, 0.3) is 0 Å². The monoisotopic (exact) mass is 437 g/mol. The Morgan fingerprint density at radius 3 is 2.45 bits per heavy atom. The molecule has 0 atom stereocenters. The minimum Gasteiger partial charge on any atom is -0.497 e. The van der Waals surface area contributed by atoms with Crippen molar-refractivity contribution in [3.05, 3.63) is 48.0 Å². The molecule has 156 valence electrons. The largest absolute Gasteiger partial charge is 0.497 e. The number of carbonyl (C=O) groups excluding carboxylic acids is 1. The van der Waals surface area contributed by atoms with Crippen molar-refractivity contribution in [2.24, 2.45) is 5.10 Å². The quantitative estimate of drug-likeness (QED) is 0.367. The molecule has 0 aliphatic heterocycles. The number of thioether (sulfide) groups is 1. The second-order valence-corrected chi connectivity index (χ2v) is 8.74. The number of hydrogen-bond donors (Lipinski definition) is 1. The van der Waals surface area contributed by atoms with Gasteiger partial charge in [0.15, 0.2) is 0 Å². The summed E-state index contributed by atoms with van der Waals surface area (Å²) in [7, 11) is 0.125. The summed E-state index contributed by atoms with van der Waals surface area (Å²) in [5.41, 5.74) is 3.14. The van der Waals surface area contributed by atoms with Gasteiger partial charge in [0, 0.05) is 18.0 Å². The third-order valence-corrected chi connectivity index (χ3v) is 6.51. The molecule has 2 rings (SSSR count). The zero-order valence-corrected chi connectivity index (χ0v) is 18.2.